The Morgan fingerprint density at radius 1 is 1.11 bits per heavy atom. The van der Waals surface area contributed by atoms with Crippen LogP contribution in [-0.4, -0.2) is 20.2 Å². The van der Waals surface area contributed by atoms with E-state index in [4.69, 9.17) is 4.43 Å². The van der Waals surface area contributed by atoms with Crippen LogP contribution in [0.1, 0.15) is 119 Å². The zero-order chi connectivity index (χ0) is 27.1. The summed E-state index contributed by atoms with van der Waals surface area (Å²) in [5, 5.41) is 0.207. The maximum atomic E-state index is 13.5. The number of carbonyl (C=O) groups is 1. The van der Waals surface area contributed by atoms with E-state index in [9.17, 15) is 4.79 Å². The minimum Gasteiger partial charge on any atom is -0.414 e. The van der Waals surface area contributed by atoms with Gasteiger partial charge in [-0.05, 0) is 79.8 Å². The number of hydrogen-bond donors (Lipinski definition) is 0. The summed E-state index contributed by atoms with van der Waals surface area (Å²) < 4.78 is 6.63. The molecule has 0 aromatic heterocycles. The first-order valence-corrected chi connectivity index (χ1v) is 17.9. The van der Waals surface area contributed by atoms with E-state index >= 15 is 0 Å². The van der Waals surface area contributed by atoms with Gasteiger partial charge in [-0.15, -0.1) is 18.4 Å². The molecule has 206 valence electrons. The van der Waals surface area contributed by atoms with Gasteiger partial charge >= 0.3 is 0 Å². The van der Waals surface area contributed by atoms with Crippen LogP contribution >= 0.6 is 0 Å². The third kappa shape index (κ3) is 8.07. The Balaban J connectivity index is 1.87. The summed E-state index contributed by atoms with van der Waals surface area (Å²) in [6.45, 7) is 25.0. The highest BCUT2D eigenvalue weighted by molar-refractivity contribution is 6.74. The lowest BCUT2D eigenvalue weighted by atomic mass is 9.59. The summed E-state index contributed by atoms with van der Waals surface area (Å²) in [6.07, 6.45) is 14.1. The van der Waals surface area contributed by atoms with E-state index in [1.165, 1.54) is 32.1 Å². The molecule has 0 saturated heterocycles. The first kappa shape index (κ1) is 31.4. The highest BCUT2D eigenvalue weighted by Crippen LogP contribution is 2.58. The lowest BCUT2D eigenvalue weighted by molar-refractivity contribution is -0.135. The maximum Gasteiger partial charge on any atom is 0.192 e. The molecule has 3 heteroatoms. The van der Waals surface area contributed by atoms with Crippen molar-refractivity contribution in [3.63, 3.8) is 0 Å². The summed E-state index contributed by atoms with van der Waals surface area (Å²) in [7, 11) is -1.80. The van der Waals surface area contributed by atoms with Crippen LogP contribution in [-0.2, 0) is 9.22 Å². The van der Waals surface area contributed by atoms with Crippen molar-refractivity contribution in [1.82, 2.24) is 0 Å². The van der Waals surface area contributed by atoms with Crippen molar-refractivity contribution in [1.29, 1.82) is 0 Å². The molecule has 0 spiro atoms. The van der Waals surface area contributed by atoms with Crippen LogP contribution in [0.5, 0.6) is 0 Å². The van der Waals surface area contributed by atoms with Gasteiger partial charge in [0.25, 0.3) is 0 Å². The summed E-state index contributed by atoms with van der Waals surface area (Å²) in [5.74, 6) is 9.99. The fourth-order valence-corrected chi connectivity index (χ4v) is 8.11. The number of fused-ring (bicyclic) bond motifs is 1. The first-order chi connectivity index (χ1) is 16.7. The van der Waals surface area contributed by atoms with Gasteiger partial charge in [-0.3, -0.25) is 4.79 Å². The molecular formula is C33H58O2Si. The van der Waals surface area contributed by atoms with Crippen LogP contribution in [0.2, 0.25) is 18.1 Å². The second-order valence-electron chi connectivity index (χ2n) is 14.3. The van der Waals surface area contributed by atoms with Crippen LogP contribution in [0.15, 0.2) is 12.7 Å². The van der Waals surface area contributed by atoms with Crippen molar-refractivity contribution in [2.75, 3.05) is 0 Å². The zero-order valence-corrected chi connectivity index (χ0v) is 26.3. The van der Waals surface area contributed by atoms with Gasteiger partial charge in [0, 0.05) is 30.8 Å². The van der Waals surface area contributed by atoms with Gasteiger partial charge in [-0.1, -0.05) is 73.8 Å². The van der Waals surface area contributed by atoms with Crippen LogP contribution in [0, 0.1) is 46.8 Å². The average Bonchev–Trinajstić information content (AvgIpc) is 3.11. The molecule has 6 atom stereocenters. The van der Waals surface area contributed by atoms with Crippen molar-refractivity contribution in [3.8, 4) is 11.8 Å². The van der Waals surface area contributed by atoms with Gasteiger partial charge in [0.05, 0.1) is 0 Å². The summed E-state index contributed by atoms with van der Waals surface area (Å²) in [6, 6.07) is 0. The molecule has 0 radical (unpaired) electrons. The topological polar surface area (TPSA) is 26.3 Å². The summed E-state index contributed by atoms with van der Waals surface area (Å²) in [4.78, 5) is 13.5. The number of carbonyl (C=O) groups excluding carboxylic acids is 1. The fraction of sp³-hybridized carbons (Fsp3) is 0.848. The molecular weight excluding hydrogens is 456 g/mol. The Morgan fingerprint density at radius 3 is 2.42 bits per heavy atom. The third-order valence-corrected chi connectivity index (χ3v) is 14.6. The van der Waals surface area contributed by atoms with Crippen molar-refractivity contribution >= 4 is 14.1 Å². The Labute approximate surface area is 225 Å². The standard InChI is InChI=1S/C33H58O2Si/c1-11-16-28(35-36(9,10)32(5,6)7)20-14-12-13-19-27-23-24-33(8)29(21-22-30(33)31(27)34)26(4)18-15-17-25(2)3/h11,25-30H,1,14-24H2,2-10H3/t26-,27-,28?,29-,30+,33-/m1/s1. The SMILES string of the molecule is C=CCC(CCC#CC[C@@H]1CC[C@]2(C)[C@@H]([C@H](C)CCCC(C)C)CC[C@H]2C1=O)O[Si](C)(C)C(C)(C)C. The Hall–Kier alpha value is -0.853. The van der Waals surface area contributed by atoms with E-state index in [2.05, 4.69) is 80.0 Å². The van der Waals surface area contributed by atoms with E-state index in [1.54, 1.807) is 0 Å². The number of rotatable bonds is 12. The van der Waals surface area contributed by atoms with Crippen molar-refractivity contribution in [2.24, 2.45) is 35.0 Å². The smallest absolute Gasteiger partial charge is 0.192 e. The van der Waals surface area contributed by atoms with Crippen molar-refractivity contribution < 1.29 is 9.22 Å². The minimum atomic E-state index is -1.80. The molecule has 0 amide bonds. The molecule has 0 aliphatic heterocycles. The van der Waals surface area contributed by atoms with E-state index in [0.717, 1.165) is 50.4 Å². The Kier molecular flexibility index (Phi) is 11.6. The van der Waals surface area contributed by atoms with E-state index in [-0.39, 0.29) is 28.4 Å². The molecule has 2 saturated carbocycles. The fourth-order valence-electron chi connectivity index (χ4n) is 6.71. The predicted octanol–water partition coefficient (Wildman–Crippen LogP) is 9.60. The highest BCUT2D eigenvalue weighted by atomic mass is 28.4. The van der Waals surface area contributed by atoms with Crippen molar-refractivity contribution in [3.05, 3.63) is 12.7 Å². The van der Waals surface area contributed by atoms with Gasteiger partial charge in [-0.2, -0.15) is 0 Å². The van der Waals surface area contributed by atoms with Crippen molar-refractivity contribution in [2.45, 2.75) is 143 Å². The highest BCUT2D eigenvalue weighted by Gasteiger charge is 2.54. The molecule has 2 nitrogen and oxygen atoms in total. The van der Waals surface area contributed by atoms with Gasteiger partial charge in [0.1, 0.15) is 5.78 Å². The average molecular weight is 515 g/mol. The lowest BCUT2D eigenvalue weighted by Crippen LogP contribution is -2.43. The molecule has 0 N–H and O–H groups in total. The van der Waals surface area contributed by atoms with Crippen LogP contribution in [0.4, 0.5) is 0 Å². The second-order valence-corrected chi connectivity index (χ2v) is 19.1. The minimum absolute atomic E-state index is 0.151. The van der Waals surface area contributed by atoms with E-state index < -0.39 is 8.32 Å². The molecule has 0 heterocycles. The third-order valence-electron chi connectivity index (χ3n) is 10.1. The van der Waals surface area contributed by atoms with Crippen LogP contribution in [0.3, 0.4) is 0 Å². The summed E-state index contributed by atoms with van der Waals surface area (Å²) in [5.41, 5.74) is 0.219. The summed E-state index contributed by atoms with van der Waals surface area (Å²) >= 11 is 0. The van der Waals surface area contributed by atoms with E-state index in [0.29, 0.717) is 11.7 Å². The lowest BCUT2D eigenvalue weighted by Gasteiger charge is -2.44. The molecule has 1 unspecified atom stereocenters. The Bertz CT molecular complexity index is 780. The molecule has 0 aromatic rings. The normalized spacial score (nSPS) is 28.4. The van der Waals surface area contributed by atoms with Gasteiger partial charge in [0.15, 0.2) is 8.32 Å². The molecule has 0 aromatic carbocycles. The zero-order valence-electron chi connectivity index (χ0n) is 25.3. The number of hydrogen-bond acceptors (Lipinski definition) is 2. The van der Waals surface area contributed by atoms with E-state index in [1.807, 2.05) is 6.08 Å². The largest absolute Gasteiger partial charge is 0.414 e. The molecule has 2 rings (SSSR count). The monoisotopic (exact) mass is 514 g/mol. The van der Waals surface area contributed by atoms with Gasteiger partial charge in [-0.25, -0.2) is 0 Å². The van der Waals surface area contributed by atoms with Crippen LogP contribution in [0.25, 0.3) is 0 Å². The molecule has 0 bridgehead atoms. The van der Waals surface area contributed by atoms with Gasteiger partial charge in [0.2, 0.25) is 0 Å². The molecule has 36 heavy (non-hydrogen) atoms. The number of ketones is 1. The molecule has 2 aliphatic carbocycles. The maximum absolute atomic E-state index is 13.5. The van der Waals surface area contributed by atoms with Crippen LogP contribution < -0.4 is 0 Å². The van der Waals surface area contributed by atoms with Gasteiger partial charge < -0.3 is 4.43 Å². The Morgan fingerprint density at radius 2 is 1.81 bits per heavy atom. The second kappa shape index (κ2) is 13.3. The predicted molar refractivity (Wildman–Crippen MR) is 158 cm³/mol. The number of Topliss-reactive ketones (excluding diaryl/α,β-unsaturated/α-hetero) is 1. The molecule has 2 fully saturated rings. The first-order valence-electron chi connectivity index (χ1n) is 15.0. The quantitative estimate of drug-likeness (QED) is 0.147. The molecule has 2 aliphatic rings.